The van der Waals surface area contributed by atoms with Crippen molar-refractivity contribution in [2.45, 2.75) is 32.2 Å². The normalized spacial score (nSPS) is 11.2. The molecule has 0 saturated heterocycles. The molecule has 6 nitrogen and oxygen atoms in total. The highest BCUT2D eigenvalue weighted by atomic mass is 16.4. The van der Waals surface area contributed by atoms with E-state index in [1.165, 1.54) is 13.8 Å². The lowest BCUT2D eigenvalue weighted by Gasteiger charge is -2.20. The number of rotatable bonds is 5. The molecule has 0 aliphatic rings. The molecule has 1 aromatic heterocycles. The van der Waals surface area contributed by atoms with Crippen molar-refractivity contribution in [3.05, 3.63) is 18.0 Å². The molecule has 94 valence electrons. The van der Waals surface area contributed by atoms with E-state index in [1.54, 1.807) is 17.9 Å². The Morgan fingerprint density at radius 1 is 1.53 bits per heavy atom. The number of aryl methyl sites for hydroxylation is 2. The number of carboxylic acids is 1. The maximum atomic E-state index is 11.6. The van der Waals surface area contributed by atoms with Crippen LogP contribution in [0.1, 0.15) is 26.0 Å². The highest BCUT2D eigenvalue weighted by Gasteiger charge is 2.28. The highest BCUT2D eigenvalue weighted by molar-refractivity contribution is 5.86. The van der Waals surface area contributed by atoms with Crippen molar-refractivity contribution in [3.8, 4) is 0 Å². The number of carboxylic acid groups (broad SMARTS) is 1. The lowest BCUT2D eigenvalue weighted by molar-refractivity contribution is -0.146. The molecule has 0 radical (unpaired) electrons. The Labute approximate surface area is 99.6 Å². The molecule has 0 saturated carbocycles. The number of hydrogen-bond acceptors (Lipinski definition) is 3. The van der Waals surface area contributed by atoms with Gasteiger partial charge in [0, 0.05) is 25.4 Å². The van der Waals surface area contributed by atoms with Crippen molar-refractivity contribution in [2.24, 2.45) is 7.05 Å². The Morgan fingerprint density at radius 3 is 2.65 bits per heavy atom. The van der Waals surface area contributed by atoms with Gasteiger partial charge in [0.25, 0.3) is 0 Å². The molecule has 0 aliphatic carbocycles. The topological polar surface area (TPSA) is 84.2 Å². The van der Waals surface area contributed by atoms with Crippen molar-refractivity contribution < 1.29 is 14.7 Å². The standard InChI is InChI=1S/C11H17N3O3/c1-11(2,10(16)17)13-9(15)5-4-8-6-7-12-14(8)3/h6-7H,4-5H2,1-3H3,(H,13,15)(H,16,17). The number of amides is 1. The molecule has 0 fully saturated rings. The number of hydrogen-bond donors (Lipinski definition) is 2. The Balaban J connectivity index is 2.46. The molecule has 1 heterocycles. The Bertz CT molecular complexity index is 423. The minimum atomic E-state index is -1.23. The van der Waals surface area contributed by atoms with E-state index in [0.29, 0.717) is 6.42 Å². The molecule has 0 atom stereocenters. The monoisotopic (exact) mass is 239 g/mol. The van der Waals surface area contributed by atoms with Crippen LogP contribution in [0.25, 0.3) is 0 Å². The average Bonchev–Trinajstić information content (AvgIpc) is 2.60. The molecule has 1 rings (SSSR count). The number of carbonyl (C=O) groups excluding carboxylic acids is 1. The summed E-state index contributed by atoms with van der Waals surface area (Å²) in [4.78, 5) is 22.4. The third-order valence-electron chi connectivity index (χ3n) is 2.52. The van der Waals surface area contributed by atoms with Crippen LogP contribution in [-0.2, 0) is 23.1 Å². The second-order valence-electron chi connectivity index (χ2n) is 4.42. The number of nitrogens with one attached hydrogen (secondary N) is 1. The van der Waals surface area contributed by atoms with Crippen LogP contribution >= 0.6 is 0 Å². The van der Waals surface area contributed by atoms with Gasteiger partial charge in [-0.1, -0.05) is 0 Å². The van der Waals surface area contributed by atoms with E-state index in [1.807, 2.05) is 6.07 Å². The van der Waals surface area contributed by atoms with Gasteiger partial charge in [0.15, 0.2) is 0 Å². The maximum absolute atomic E-state index is 11.6. The largest absolute Gasteiger partial charge is 0.480 e. The molecular formula is C11H17N3O3. The van der Waals surface area contributed by atoms with E-state index in [-0.39, 0.29) is 12.3 Å². The zero-order valence-corrected chi connectivity index (χ0v) is 10.2. The van der Waals surface area contributed by atoms with E-state index in [0.717, 1.165) is 5.69 Å². The molecular weight excluding hydrogens is 222 g/mol. The molecule has 6 heteroatoms. The van der Waals surface area contributed by atoms with Crippen LogP contribution in [0.4, 0.5) is 0 Å². The summed E-state index contributed by atoms with van der Waals surface area (Å²) < 4.78 is 1.69. The van der Waals surface area contributed by atoms with Crippen molar-refractivity contribution in [2.75, 3.05) is 0 Å². The third-order valence-corrected chi connectivity index (χ3v) is 2.52. The van der Waals surface area contributed by atoms with Crippen molar-refractivity contribution >= 4 is 11.9 Å². The molecule has 0 unspecified atom stereocenters. The predicted octanol–water partition coefficient (Wildman–Crippen LogP) is 0.332. The summed E-state index contributed by atoms with van der Waals surface area (Å²) in [6, 6.07) is 1.83. The second-order valence-corrected chi connectivity index (χ2v) is 4.42. The van der Waals surface area contributed by atoms with Crippen LogP contribution in [0.15, 0.2) is 12.3 Å². The molecule has 0 aromatic carbocycles. The minimum absolute atomic E-state index is 0.246. The smallest absolute Gasteiger partial charge is 0.328 e. The first-order valence-corrected chi connectivity index (χ1v) is 5.34. The van der Waals surface area contributed by atoms with Crippen LogP contribution < -0.4 is 5.32 Å². The number of carbonyl (C=O) groups is 2. The van der Waals surface area contributed by atoms with Crippen LogP contribution in [0, 0.1) is 0 Å². The van der Waals surface area contributed by atoms with Gasteiger partial charge in [-0.3, -0.25) is 9.48 Å². The number of aliphatic carboxylic acids is 1. The van der Waals surface area contributed by atoms with E-state index < -0.39 is 11.5 Å². The summed E-state index contributed by atoms with van der Waals surface area (Å²) in [5, 5.41) is 15.3. The fourth-order valence-electron chi connectivity index (χ4n) is 1.35. The SMILES string of the molecule is Cn1nccc1CCC(=O)NC(C)(C)C(=O)O. The lowest BCUT2D eigenvalue weighted by atomic mass is 10.1. The third kappa shape index (κ3) is 3.58. The summed E-state index contributed by atoms with van der Waals surface area (Å²) in [5.41, 5.74) is -0.294. The van der Waals surface area contributed by atoms with E-state index >= 15 is 0 Å². The summed E-state index contributed by atoms with van der Waals surface area (Å²) in [6.45, 7) is 2.91. The molecule has 0 bridgehead atoms. The van der Waals surface area contributed by atoms with Crippen molar-refractivity contribution in [3.63, 3.8) is 0 Å². The van der Waals surface area contributed by atoms with Gasteiger partial charge in [-0.2, -0.15) is 5.10 Å². The summed E-state index contributed by atoms with van der Waals surface area (Å²) in [5.74, 6) is -1.33. The van der Waals surface area contributed by atoms with Crippen LogP contribution in [0.3, 0.4) is 0 Å². The Kier molecular flexibility index (Phi) is 3.88. The molecule has 1 aromatic rings. The second kappa shape index (κ2) is 4.99. The predicted molar refractivity (Wildman–Crippen MR) is 61.4 cm³/mol. The fraction of sp³-hybridized carbons (Fsp3) is 0.545. The van der Waals surface area contributed by atoms with Crippen LogP contribution in [0.5, 0.6) is 0 Å². The van der Waals surface area contributed by atoms with Gasteiger partial charge in [-0.25, -0.2) is 4.79 Å². The summed E-state index contributed by atoms with van der Waals surface area (Å²) in [6.07, 6.45) is 2.45. The van der Waals surface area contributed by atoms with Gasteiger partial charge in [-0.15, -0.1) is 0 Å². The average molecular weight is 239 g/mol. The summed E-state index contributed by atoms with van der Waals surface area (Å²) in [7, 11) is 1.80. The van der Waals surface area contributed by atoms with E-state index in [4.69, 9.17) is 5.11 Å². The first-order valence-electron chi connectivity index (χ1n) is 5.34. The van der Waals surface area contributed by atoms with Gasteiger partial charge < -0.3 is 10.4 Å². The van der Waals surface area contributed by atoms with Crippen molar-refractivity contribution in [1.29, 1.82) is 0 Å². The highest BCUT2D eigenvalue weighted by Crippen LogP contribution is 2.05. The lowest BCUT2D eigenvalue weighted by Crippen LogP contribution is -2.49. The quantitative estimate of drug-likeness (QED) is 0.775. The Hall–Kier alpha value is -1.85. The van der Waals surface area contributed by atoms with Gasteiger partial charge in [0.2, 0.25) is 5.91 Å². The molecule has 1 amide bonds. The minimum Gasteiger partial charge on any atom is -0.480 e. The zero-order chi connectivity index (χ0) is 13.1. The van der Waals surface area contributed by atoms with Gasteiger partial charge in [0.05, 0.1) is 0 Å². The van der Waals surface area contributed by atoms with Gasteiger partial charge in [0.1, 0.15) is 5.54 Å². The molecule has 0 spiro atoms. The van der Waals surface area contributed by atoms with Gasteiger partial charge in [-0.05, 0) is 26.3 Å². The summed E-state index contributed by atoms with van der Waals surface area (Å²) >= 11 is 0. The van der Waals surface area contributed by atoms with E-state index in [9.17, 15) is 9.59 Å². The zero-order valence-electron chi connectivity index (χ0n) is 10.2. The van der Waals surface area contributed by atoms with Crippen LogP contribution in [0.2, 0.25) is 0 Å². The number of nitrogens with zero attached hydrogens (tertiary/aromatic N) is 2. The van der Waals surface area contributed by atoms with Crippen molar-refractivity contribution in [1.82, 2.24) is 15.1 Å². The molecule has 0 aliphatic heterocycles. The maximum Gasteiger partial charge on any atom is 0.328 e. The molecule has 17 heavy (non-hydrogen) atoms. The van der Waals surface area contributed by atoms with Crippen LogP contribution in [-0.4, -0.2) is 32.3 Å². The fourth-order valence-corrected chi connectivity index (χ4v) is 1.35. The van der Waals surface area contributed by atoms with Gasteiger partial charge >= 0.3 is 5.97 Å². The van der Waals surface area contributed by atoms with E-state index in [2.05, 4.69) is 10.4 Å². The number of aromatic nitrogens is 2. The first kappa shape index (κ1) is 13.2. The Morgan fingerprint density at radius 2 is 2.18 bits per heavy atom. The first-order chi connectivity index (χ1) is 7.83. The molecule has 2 N–H and O–H groups in total.